The van der Waals surface area contributed by atoms with Gasteiger partial charge in [0.1, 0.15) is 0 Å². The van der Waals surface area contributed by atoms with Crippen molar-refractivity contribution in [3.05, 3.63) is 134 Å². The Labute approximate surface area is 171 Å². The van der Waals surface area contributed by atoms with E-state index in [1.54, 1.807) is 6.26 Å². The van der Waals surface area contributed by atoms with Crippen molar-refractivity contribution in [1.29, 1.82) is 0 Å². The van der Waals surface area contributed by atoms with Crippen molar-refractivity contribution >= 4 is 28.0 Å². The molecule has 0 radical (unpaired) electrons. The molecule has 2 heteroatoms. The first-order chi connectivity index (χ1) is 14.4. The molecular formula is C27H22NO+. The van der Waals surface area contributed by atoms with Gasteiger partial charge in [-0.3, -0.25) is 0 Å². The van der Waals surface area contributed by atoms with Crippen LogP contribution in [0, 0.1) is 0 Å². The Morgan fingerprint density at radius 2 is 0.828 bits per heavy atom. The molecule has 0 saturated heterocycles. The second-order valence-corrected chi connectivity index (χ2v) is 6.49. The zero-order chi connectivity index (χ0) is 19.7. The van der Waals surface area contributed by atoms with Crippen molar-refractivity contribution in [2.45, 2.75) is 0 Å². The number of hydrogen-bond donors (Lipinski definition) is 0. The third-order valence-electron chi connectivity index (χ3n) is 4.51. The SMILES string of the molecule is c1ccc(N(c2ccccc2)c2ccccc2)cc1.c1ccc2[o+]cccc2c1. The maximum atomic E-state index is 5.21. The molecule has 1 heterocycles. The summed E-state index contributed by atoms with van der Waals surface area (Å²) in [7, 11) is 0. The van der Waals surface area contributed by atoms with Gasteiger partial charge >= 0.3 is 11.8 Å². The predicted molar refractivity (Wildman–Crippen MR) is 122 cm³/mol. The maximum Gasteiger partial charge on any atom is 0.359 e. The minimum absolute atomic E-state index is 0.935. The molecule has 0 fully saturated rings. The highest BCUT2D eigenvalue weighted by molar-refractivity contribution is 5.76. The molecule has 0 amide bonds. The summed E-state index contributed by atoms with van der Waals surface area (Å²) in [6, 6.07) is 43.1. The zero-order valence-corrected chi connectivity index (χ0v) is 16.1. The summed E-state index contributed by atoms with van der Waals surface area (Å²) in [6.45, 7) is 0. The van der Waals surface area contributed by atoms with Gasteiger partial charge in [-0.05, 0) is 48.5 Å². The molecule has 4 aromatic carbocycles. The Hall–Kier alpha value is -3.91. The Morgan fingerprint density at radius 1 is 0.414 bits per heavy atom. The number of hydrogen-bond acceptors (Lipinski definition) is 1. The summed E-state index contributed by atoms with van der Waals surface area (Å²) in [5, 5.41) is 1.14. The van der Waals surface area contributed by atoms with E-state index in [-0.39, 0.29) is 0 Å². The van der Waals surface area contributed by atoms with E-state index < -0.39 is 0 Å². The van der Waals surface area contributed by atoms with Crippen LogP contribution in [0.25, 0.3) is 11.0 Å². The standard InChI is InChI=1S/C18H15N.C9H7O/c1-4-10-16(11-5-1)19(17-12-6-2-7-13-17)18-14-8-3-9-15-18;1-2-6-9-8(4-1)5-3-7-10-9/h1-15H;1-7H/q;+1. The summed E-state index contributed by atoms with van der Waals surface area (Å²) in [5.41, 5.74) is 4.43. The Kier molecular flexibility index (Phi) is 5.94. The quantitative estimate of drug-likeness (QED) is 0.297. The van der Waals surface area contributed by atoms with Gasteiger partial charge in [0.15, 0.2) is 0 Å². The van der Waals surface area contributed by atoms with Crippen molar-refractivity contribution in [3.8, 4) is 0 Å². The lowest BCUT2D eigenvalue weighted by molar-refractivity contribution is 0.604. The number of anilines is 3. The summed E-state index contributed by atoms with van der Waals surface area (Å²) >= 11 is 0. The fraction of sp³-hybridized carbons (Fsp3) is 0. The lowest BCUT2D eigenvalue weighted by atomic mass is 10.2. The molecule has 0 saturated carbocycles. The maximum absolute atomic E-state index is 5.21. The molecule has 29 heavy (non-hydrogen) atoms. The van der Waals surface area contributed by atoms with Crippen LogP contribution < -0.4 is 4.90 Å². The van der Waals surface area contributed by atoms with Gasteiger partial charge in [-0.15, -0.1) is 0 Å². The van der Waals surface area contributed by atoms with Crippen LogP contribution in [0.15, 0.2) is 138 Å². The predicted octanol–water partition coefficient (Wildman–Crippen LogP) is 7.87. The summed E-state index contributed by atoms with van der Waals surface area (Å²) in [4.78, 5) is 2.25. The lowest BCUT2D eigenvalue weighted by Gasteiger charge is -2.25. The van der Waals surface area contributed by atoms with Gasteiger partial charge in [0.05, 0.1) is 5.39 Å². The van der Waals surface area contributed by atoms with Gasteiger partial charge in [-0.2, -0.15) is 0 Å². The van der Waals surface area contributed by atoms with Crippen LogP contribution in [-0.4, -0.2) is 0 Å². The van der Waals surface area contributed by atoms with E-state index in [4.69, 9.17) is 4.42 Å². The number of para-hydroxylation sites is 4. The van der Waals surface area contributed by atoms with E-state index in [0.29, 0.717) is 0 Å². The molecule has 5 aromatic rings. The molecule has 0 aliphatic carbocycles. The largest absolute Gasteiger partial charge is 0.359 e. The second-order valence-electron chi connectivity index (χ2n) is 6.49. The minimum Gasteiger partial charge on any atom is -0.311 e. The van der Waals surface area contributed by atoms with Crippen molar-refractivity contribution in [1.82, 2.24) is 0 Å². The van der Waals surface area contributed by atoms with Crippen molar-refractivity contribution in [3.63, 3.8) is 0 Å². The Bertz CT molecular complexity index is 983. The Balaban J connectivity index is 0.000000171. The number of rotatable bonds is 3. The van der Waals surface area contributed by atoms with Crippen LogP contribution in [0.5, 0.6) is 0 Å². The molecule has 0 N–H and O–H groups in total. The van der Waals surface area contributed by atoms with E-state index in [0.717, 1.165) is 11.0 Å². The van der Waals surface area contributed by atoms with Crippen LogP contribution in [-0.2, 0) is 0 Å². The highest BCUT2D eigenvalue weighted by Gasteiger charge is 2.10. The molecule has 2 nitrogen and oxygen atoms in total. The van der Waals surface area contributed by atoms with Gasteiger partial charge in [0.25, 0.3) is 0 Å². The molecule has 0 spiro atoms. The van der Waals surface area contributed by atoms with E-state index >= 15 is 0 Å². The highest BCUT2D eigenvalue weighted by atomic mass is 16.3. The van der Waals surface area contributed by atoms with Crippen LogP contribution in [0.1, 0.15) is 0 Å². The average Bonchev–Trinajstić information content (AvgIpc) is 2.82. The summed E-state index contributed by atoms with van der Waals surface area (Å²) < 4.78 is 5.21. The third-order valence-corrected chi connectivity index (χ3v) is 4.51. The fourth-order valence-corrected chi connectivity index (χ4v) is 3.16. The van der Waals surface area contributed by atoms with Crippen LogP contribution in [0.3, 0.4) is 0 Å². The van der Waals surface area contributed by atoms with Crippen LogP contribution >= 0.6 is 0 Å². The topological polar surface area (TPSA) is 14.5 Å². The number of fused-ring (bicyclic) bond motifs is 1. The van der Waals surface area contributed by atoms with Gasteiger partial charge in [-0.1, -0.05) is 66.7 Å². The van der Waals surface area contributed by atoms with Gasteiger partial charge in [0.2, 0.25) is 0 Å². The second kappa shape index (κ2) is 9.34. The van der Waals surface area contributed by atoms with Crippen molar-refractivity contribution in [2.24, 2.45) is 0 Å². The lowest BCUT2D eigenvalue weighted by Crippen LogP contribution is -2.09. The zero-order valence-electron chi connectivity index (χ0n) is 16.1. The normalized spacial score (nSPS) is 10.1. The molecule has 5 rings (SSSR count). The van der Waals surface area contributed by atoms with Crippen molar-refractivity contribution < 1.29 is 4.42 Å². The van der Waals surface area contributed by atoms with Crippen LogP contribution in [0.2, 0.25) is 0 Å². The Morgan fingerprint density at radius 3 is 1.31 bits per heavy atom. The highest BCUT2D eigenvalue weighted by Crippen LogP contribution is 2.33. The van der Waals surface area contributed by atoms with E-state index in [2.05, 4.69) is 77.7 Å². The van der Waals surface area contributed by atoms with Crippen molar-refractivity contribution in [2.75, 3.05) is 4.90 Å². The van der Waals surface area contributed by atoms with E-state index in [1.165, 1.54) is 17.1 Å². The van der Waals surface area contributed by atoms with Gasteiger partial charge in [-0.25, -0.2) is 4.42 Å². The summed E-state index contributed by atoms with van der Waals surface area (Å²) in [5.74, 6) is 0. The molecule has 0 unspecified atom stereocenters. The van der Waals surface area contributed by atoms with Crippen LogP contribution in [0.4, 0.5) is 17.1 Å². The van der Waals surface area contributed by atoms with E-state index in [9.17, 15) is 0 Å². The number of benzene rings is 4. The van der Waals surface area contributed by atoms with E-state index in [1.807, 2.05) is 54.6 Å². The summed E-state index contributed by atoms with van der Waals surface area (Å²) in [6.07, 6.45) is 1.68. The average molecular weight is 376 g/mol. The minimum atomic E-state index is 0.935. The smallest absolute Gasteiger partial charge is 0.311 e. The third kappa shape index (κ3) is 4.69. The molecular weight excluding hydrogens is 354 g/mol. The molecule has 140 valence electrons. The number of nitrogens with zero attached hydrogens (tertiary/aromatic N) is 1. The monoisotopic (exact) mass is 376 g/mol. The van der Waals surface area contributed by atoms with Gasteiger partial charge < -0.3 is 4.90 Å². The molecule has 0 aliphatic heterocycles. The first-order valence-corrected chi connectivity index (χ1v) is 9.63. The molecule has 0 bridgehead atoms. The first kappa shape index (κ1) is 18.5. The van der Waals surface area contributed by atoms with Gasteiger partial charge in [0, 0.05) is 29.2 Å². The molecule has 0 aliphatic rings. The molecule has 0 atom stereocenters. The first-order valence-electron chi connectivity index (χ1n) is 9.63. The molecule has 1 aromatic heterocycles. The fourth-order valence-electron chi connectivity index (χ4n) is 3.16.